The number of rotatable bonds is 3. The van der Waals surface area contributed by atoms with Crippen molar-refractivity contribution in [2.24, 2.45) is 0 Å². The second-order valence-corrected chi connectivity index (χ2v) is 3.89. The summed E-state index contributed by atoms with van der Waals surface area (Å²) in [5.74, 6) is 0.0504. The van der Waals surface area contributed by atoms with Crippen LogP contribution in [0.15, 0.2) is 18.3 Å². The van der Waals surface area contributed by atoms with Gasteiger partial charge in [-0.15, -0.1) is 0 Å². The number of morpholine rings is 1. The van der Waals surface area contributed by atoms with E-state index in [1.54, 1.807) is 12.3 Å². The zero-order valence-electron chi connectivity index (χ0n) is 9.40. The number of nitrogens with one attached hydrogen (secondary N) is 2. The quantitative estimate of drug-likeness (QED) is 0.762. The number of carbonyl (C=O) groups excluding carboxylic acids is 1. The zero-order valence-corrected chi connectivity index (χ0v) is 9.40. The van der Waals surface area contributed by atoms with Gasteiger partial charge >= 0.3 is 0 Å². The summed E-state index contributed by atoms with van der Waals surface area (Å²) in [6, 6.07) is 3.63. The molecule has 16 heavy (non-hydrogen) atoms. The molecule has 1 fully saturated rings. The highest BCUT2D eigenvalue weighted by atomic mass is 16.5. The Balaban J connectivity index is 1.96. The van der Waals surface area contributed by atoms with E-state index in [1.807, 2.05) is 18.0 Å². The Hall–Kier alpha value is -1.33. The number of H-pyrrole nitrogens is 1. The first kappa shape index (κ1) is 11.2. The lowest BCUT2D eigenvalue weighted by Gasteiger charge is -2.32. The molecule has 1 amide bonds. The smallest absolute Gasteiger partial charge is 0.270 e. The Kier molecular flexibility index (Phi) is 3.58. The Morgan fingerprint density at radius 3 is 3.31 bits per heavy atom. The van der Waals surface area contributed by atoms with Gasteiger partial charge in [0, 0.05) is 25.8 Å². The molecule has 5 heteroatoms. The zero-order chi connectivity index (χ0) is 11.4. The Morgan fingerprint density at radius 2 is 2.62 bits per heavy atom. The minimum absolute atomic E-state index is 0.0504. The van der Waals surface area contributed by atoms with Crippen molar-refractivity contribution in [3.05, 3.63) is 24.0 Å². The van der Waals surface area contributed by atoms with Crippen molar-refractivity contribution >= 4 is 5.91 Å². The van der Waals surface area contributed by atoms with Crippen molar-refractivity contribution in [1.82, 2.24) is 15.2 Å². The fraction of sp³-hybridized carbons (Fsp3) is 0.545. The van der Waals surface area contributed by atoms with E-state index in [-0.39, 0.29) is 12.0 Å². The van der Waals surface area contributed by atoms with Gasteiger partial charge in [-0.1, -0.05) is 0 Å². The van der Waals surface area contributed by atoms with E-state index in [9.17, 15) is 4.79 Å². The first-order chi connectivity index (χ1) is 7.81. The Labute approximate surface area is 94.8 Å². The summed E-state index contributed by atoms with van der Waals surface area (Å²) >= 11 is 0. The highest BCUT2D eigenvalue weighted by molar-refractivity contribution is 5.92. The van der Waals surface area contributed by atoms with Gasteiger partial charge in [0.2, 0.25) is 0 Å². The fourth-order valence-electron chi connectivity index (χ4n) is 1.89. The number of carbonyl (C=O) groups is 1. The molecular weight excluding hydrogens is 206 g/mol. The summed E-state index contributed by atoms with van der Waals surface area (Å²) in [7, 11) is 1.88. The van der Waals surface area contributed by atoms with Crippen LogP contribution in [0, 0.1) is 0 Å². The van der Waals surface area contributed by atoms with Gasteiger partial charge in [-0.2, -0.15) is 0 Å². The van der Waals surface area contributed by atoms with Gasteiger partial charge in [0.25, 0.3) is 5.91 Å². The molecule has 0 bridgehead atoms. The van der Waals surface area contributed by atoms with E-state index in [4.69, 9.17) is 4.74 Å². The number of aromatic amines is 1. The van der Waals surface area contributed by atoms with E-state index in [0.29, 0.717) is 25.4 Å². The van der Waals surface area contributed by atoms with Crippen molar-refractivity contribution in [2.75, 3.05) is 33.3 Å². The summed E-state index contributed by atoms with van der Waals surface area (Å²) in [5, 5.41) is 3.06. The molecule has 0 saturated carbocycles. The van der Waals surface area contributed by atoms with Crippen molar-refractivity contribution in [3.63, 3.8) is 0 Å². The standard InChI is InChI=1S/C11H17N3O2/c1-12-7-9-8-14(5-6-16-9)11(15)10-3-2-4-13-10/h2-4,9,12-13H,5-8H2,1H3. The van der Waals surface area contributed by atoms with Crippen LogP contribution in [0.5, 0.6) is 0 Å². The third-order valence-corrected chi connectivity index (χ3v) is 2.69. The molecule has 2 heterocycles. The molecule has 1 aliphatic rings. The fourth-order valence-corrected chi connectivity index (χ4v) is 1.89. The van der Waals surface area contributed by atoms with Crippen molar-refractivity contribution in [1.29, 1.82) is 0 Å². The van der Waals surface area contributed by atoms with Gasteiger partial charge in [-0.25, -0.2) is 0 Å². The van der Waals surface area contributed by atoms with Crippen molar-refractivity contribution in [3.8, 4) is 0 Å². The molecule has 0 aliphatic carbocycles. The van der Waals surface area contributed by atoms with Crippen molar-refractivity contribution in [2.45, 2.75) is 6.10 Å². The molecule has 0 spiro atoms. The van der Waals surface area contributed by atoms with Crippen LogP contribution in [-0.2, 0) is 4.74 Å². The molecule has 0 aromatic carbocycles. The highest BCUT2D eigenvalue weighted by Crippen LogP contribution is 2.08. The first-order valence-electron chi connectivity index (χ1n) is 5.50. The summed E-state index contributed by atoms with van der Waals surface area (Å²) in [6.07, 6.45) is 1.86. The molecule has 2 N–H and O–H groups in total. The third-order valence-electron chi connectivity index (χ3n) is 2.69. The largest absolute Gasteiger partial charge is 0.373 e. The van der Waals surface area contributed by atoms with Crippen molar-refractivity contribution < 1.29 is 9.53 Å². The minimum atomic E-state index is 0.0504. The SMILES string of the molecule is CNCC1CN(C(=O)c2ccc[nH]2)CCO1. The maximum atomic E-state index is 12.0. The maximum absolute atomic E-state index is 12.0. The number of hydrogen-bond acceptors (Lipinski definition) is 3. The summed E-state index contributed by atoms with van der Waals surface area (Å²) in [5.41, 5.74) is 0.644. The molecule has 1 unspecified atom stereocenters. The van der Waals surface area contributed by atoms with Gasteiger partial charge in [-0.05, 0) is 19.2 Å². The molecule has 1 saturated heterocycles. The molecule has 1 atom stereocenters. The number of ether oxygens (including phenoxy) is 1. The average Bonchev–Trinajstić information content (AvgIpc) is 2.82. The summed E-state index contributed by atoms with van der Waals surface area (Å²) < 4.78 is 5.55. The second kappa shape index (κ2) is 5.14. The number of hydrogen-bond donors (Lipinski definition) is 2. The first-order valence-corrected chi connectivity index (χ1v) is 5.50. The van der Waals surface area contributed by atoms with E-state index < -0.39 is 0 Å². The Morgan fingerprint density at radius 1 is 1.75 bits per heavy atom. The third kappa shape index (κ3) is 2.43. The number of amides is 1. The average molecular weight is 223 g/mol. The number of likely N-dealkylation sites (N-methyl/N-ethyl adjacent to an activating group) is 1. The molecule has 88 valence electrons. The monoisotopic (exact) mass is 223 g/mol. The van der Waals surface area contributed by atoms with Crippen LogP contribution in [0.3, 0.4) is 0 Å². The molecule has 1 aromatic rings. The van der Waals surface area contributed by atoms with Gasteiger partial charge in [0.1, 0.15) is 5.69 Å². The summed E-state index contributed by atoms with van der Waals surface area (Å²) in [4.78, 5) is 16.8. The predicted molar refractivity (Wildman–Crippen MR) is 60.4 cm³/mol. The predicted octanol–water partition coefficient (Wildman–Crippen LogP) is 0.0751. The molecule has 0 radical (unpaired) electrons. The van der Waals surface area contributed by atoms with Gasteiger partial charge in [-0.3, -0.25) is 4.79 Å². The van der Waals surface area contributed by atoms with Crippen LogP contribution in [0.1, 0.15) is 10.5 Å². The highest BCUT2D eigenvalue weighted by Gasteiger charge is 2.24. The molecule has 1 aromatic heterocycles. The second-order valence-electron chi connectivity index (χ2n) is 3.89. The maximum Gasteiger partial charge on any atom is 0.270 e. The van der Waals surface area contributed by atoms with Gasteiger partial charge in [0.15, 0.2) is 0 Å². The Bertz CT molecular complexity index is 335. The van der Waals surface area contributed by atoms with Crippen LogP contribution >= 0.6 is 0 Å². The van der Waals surface area contributed by atoms with E-state index in [2.05, 4.69) is 10.3 Å². The van der Waals surface area contributed by atoms with Crippen LogP contribution in [0.4, 0.5) is 0 Å². The number of aromatic nitrogens is 1. The molecule has 2 rings (SSSR count). The van der Waals surface area contributed by atoms with Crippen LogP contribution in [0.2, 0.25) is 0 Å². The lowest BCUT2D eigenvalue weighted by atomic mass is 10.2. The van der Waals surface area contributed by atoms with Crippen LogP contribution in [0.25, 0.3) is 0 Å². The molecule has 1 aliphatic heterocycles. The normalized spacial score (nSPS) is 21.1. The van der Waals surface area contributed by atoms with E-state index >= 15 is 0 Å². The van der Waals surface area contributed by atoms with Gasteiger partial charge in [0.05, 0.1) is 12.7 Å². The lowest BCUT2D eigenvalue weighted by molar-refractivity contribution is -0.0197. The lowest BCUT2D eigenvalue weighted by Crippen LogP contribution is -2.48. The molecular formula is C11H17N3O2. The van der Waals surface area contributed by atoms with E-state index in [1.165, 1.54) is 0 Å². The van der Waals surface area contributed by atoms with Crippen LogP contribution in [-0.4, -0.2) is 55.2 Å². The van der Waals surface area contributed by atoms with Gasteiger partial charge < -0.3 is 19.9 Å². The number of nitrogens with zero attached hydrogens (tertiary/aromatic N) is 1. The topological polar surface area (TPSA) is 57.4 Å². The van der Waals surface area contributed by atoms with Crippen LogP contribution < -0.4 is 5.32 Å². The minimum Gasteiger partial charge on any atom is -0.373 e. The summed E-state index contributed by atoms with van der Waals surface area (Å²) in [6.45, 7) is 2.70. The molecule has 5 nitrogen and oxygen atoms in total. The van der Waals surface area contributed by atoms with E-state index in [0.717, 1.165) is 6.54 Å².